The third-order valence-corrected chi connectivity index (χ3v) is 8.61. The summed E-state index contributed by atoms with van der Waals surface area (Å²) in [7, 11) is 0. The van der Waals surface area contributed by atoms with Crippen LogP contribution >= 0.6 is 23.2 Å². The van der Waals surface area contributed by atoms with Gasteiger partial charge in [-0.15, -0.1) is 0 Å². The van der Waals surface area contributed by atoms with Gasteiger partial charge in [-0.1, -0.05) is 29.3 Å². The predicted molar refractivity (Wildman–Crippen MR) is 146 cm³/mol. The minimum Gasteiger partial charge on any atom is -0.377 e. The summed E-state index contributed by atoms with van der Waals surface area (Å²) in [6, 6.07) is 8.90. The Morgan fingerprint density at radius 1 is 0.974 bits per heavy atom. The van der Waals surface area contributed by atoms with Crippen LogP contribution in [0.4, 0.5) is 13.2 Å². The molecule has 2 aliphatic heterocycles. The fourth-order valence-corrected chi connectivity index (χ4v) is 5.96. The quantitative estimate of drug-likeness (QED) is 0.246. The number of likely N-dealkylation sites (tertiary alicyclic amines) is 2. The van der Waals surface area contributed by atoms with Crippen LogP contribution in [0.5, 0.6) is 0 Å². The van der Waals surface area contributed by atoms with Crippen LogP contribution in [-0.2, 0) is 6.18 Å². The van der Waals surface area contributed by atoms with E-state index in [1.165, 1.54) is 12.1 Å². The Morgan fingerprint density at radius 2 is 1.71 bits per heavy atom. The standard InChI is InChI=1S/C29H30Cl2F3N3O/c30-25-4-1-21(15-26(25)31)28(38)9-14-36-10-5-19(6-11-36)18-37-12-7-20(8-13-37)24-17-35-27-16-22(29(32,33)34)2-3-23(24)27/h1-4,9,14-17,19-20,35H,5-8,10-13,18H2/b14-9+. The minimum absolute atomic E-state index is 0.0930. The van der Waals surface area contributed by atoms with Crippen molar-refractivity contribution < 1.29 is 18.0 Å². The van der Waals surface area contributed by atoms with Gasteiger partial charge < -0.3 is 14.8 Å². The van der Waals surface area contributed by atoms with Crippen molar-refractivity contribution in [3.05, 3.63) is 81.6 Å². The summed E-state index contributed by atoms with van der Waals surface area (Å²) in [5, 5.41) is 1.70. The van der Waals surface area contributed by atoms with E-state index in [0.29, 0.717) is 33.0 Å². The number of benzene rings is 2. The van der Waals surface area contributed by atoms with Crippen LogP contribution in [-0.4, -0.2) is 53.3 Å². The number of allylic oxidation sites excluding steroid dienone is 1. The lowest BCUT2D eigenvalue weighted by Gasteiger charge is -2.37. The second kappa shape index (κ2) is 11.3. The molecule has 0 radical (unpaired) electrons. The lowest BCUT2D eigenvalue weighted by atomic mass is 9.88. The highest BCUT2D eigenvalue weighted by atomic mass is 35.5. The molecule has 3 heterocycles. The van der Waals surface area contributed by atoms with Crippen LogP contribution in [0.1, 0.15) is 53.1 Å². The van der Waals surface area contributed by atoms with Gasteiger partial charge in [0, 0.05) is 54.6 Å². The minimum atomic E-state index is -4.33. The van der Waals surface area contributed by atoms with Gasteiger partial charge in [-0.2, -0.15) is 13.2 Å². The van der Waals surface area contributed by atoms with Crippen molar-refractivity contribution in [1.29, 1.82) is 0 Å². The molecule has 0 amide bonds. The van der Waals surface area contributed by atoms with E-state index in [2.05, 4.69) is 14.8 Å². The third kappa shape index (κ3) is 6.22. The second-order valence-electron chi connectivity index (χ2n) is 10.4. The molecule has 0 bridgehead atoms. The monoisotopic (exact) mass is 563 g/mol. The first-order chi connectivity index (χ1) is 18.2. The number of alkyl halides is 3. The molecule has 2 saturated heterocycles. The van der Waals surface area contributed by atoms with E-state index in [-0.39, 0.29) is 5.78 Å². The Kier molecular flexibility index (Phi) is 8.08. The highest BCUT2D eigenvalue weighted by Crippen LogP contribution is 2.37. The number of aromatic nitrogens is 1. The van der Waals surface area contributed by atoms with Gasteiger partial charge in [0.05, 0.1) is 15.6 Å². The summed E-state index contributed by atoms with van der Waals surface area (Å²) < 4.78 is 39.1. The number of hydrogen-bond donors (Lipinski definition) is 1. The topological polar surface area (TPSA) is 39.3 Å². The van der Waals surface area contributed by atoms with E-state index in [1.807, 2.05) is 12.4 Å². The summed E-state index contributed by atoms with van der Waals surface area (Å²) in [5.74, 6) is 0.886. The molecule has 2 aromatic carbocycles. The van der Waals surface area contributed by atoms with Crippen molar-refractivity contribution in [3.8, 4) is 0 Å². The zero-order chi connectivity index (χ0) is 26.9. The van der Waals surface area contributed by atoms with Crippen molar-refractivity contribution in [2.24, 2.45) is 5.92 Å². The summed E-state index contributed by atoms with van der Waals surface area (Å²) in [4.78, 5) is 20.2. The summed E-state index contributed by atoms with van der Waals surface area (Å²) in [6.07, 6.45) is 5.20. The van der Waals surface area contributed by atoms with Gasteiger partial charge in [-0.05, 0) is 86.5 Å². The van der Waals surface area contributed by atoms with Gasteiger partial charge in [-0.3, -0.25) is 4.79 Å². The van der Waals surface area contributed by atoms with Gasteiger partial charge in [0.1, 0.15) is 0 Å². The molecule has 3 aromatic rings. The zero-order valence-corrected chi connectivity index (χ0v) is 22.4. The van der Waals surface area contributed by atoms with Crippen LogP contribution in [0, 0.1) is 5.92 Å². The maximum atomic E-state index is 13.0. The maximum absolute atomic E-state index is 13.0. The predicted octanol–water partition coefficient (Wildman–Crippen LogP) is 7.78. The number of carbonyl (C=O) groups is 1. The highest BCUT2D eigenvalue weighted by Gasteiger charge is 2.31. The van der Waals surface area contributed by atoms with Crippen molar-refractivity contribution in [2.45, 2.75) is 37.8 Å². The number of piperidine rings is 2. The molecule has 1 aromatic heterocycles. The molecule has 4 nitrogen and oxygen atoms in total. The first kappa shape index (κ1) is 27.1. The Bertz CT molecular complexity index is 1320. The van der Waals surface area contributed by atoms with Crippen molar-refractivity contribution in [2.75, 3.05) is 32.7 Å². The first-order valence-corrected chi connectivity index (χ1v) is 13.7. The van der Waals surface area contributed by atoms with E-state index in [4.69, 9.17) is 23.2 Å². The Balaban J connectivity index is 1.08. The van der Waals surface area contributed by atoms with Gasteiger partial charge >= 0.3 is 6.18 Å². The Hall–Kier alpha value is -2.48. The molecule has 0 aliphatic carbocycles. The van der Waals surface area contributed by atoms with E-state index in [1.54, 1.807) is 30.3 Å². The van der Waals surface area contributed by atoms with Crippen molar-refractivity contribution in [3.63, 3.8) is 0 Å². The van der Waals surface area contributed by atoms with Gasteiger partial charge in [0.15, 0.2) is 5.78 Å². The number of carbonyl (C=O) groups excluding carboxylic acids is 1. The number of hydrogen-bond acceptors (Lipinski definition) is 3. The number of H-pyrrole nitrogens is 1. The molecule has 0 saturated carbocycles. The van der Waals surface area contributed by atoms with Crippen LogP contribution in [0.3, 0.4) is 0 Å². The van der Waals surface area contributed by atoms with E-state index < -0.39 is 11.7 Å². The average Bonchev–Trinajstić information content (AvgIpc) is 3.33. The summed E-state index contributed by atoms with van der Waals surface area (Å²) >= 11 is 12.0. The normalized spacial score (nSPS) is 18.6. The summed E-state index contributed by atoms with van der Waals surface area (Å²) in [5.41, 5.74) is 1.58. The Morgan fingerprint density at radius 3 is 2.39 bits per heavy atom. The molecule has 0 spiro atoms. The third-order valence-electron chi connectivity index (χ3n) is 7.87. The SMILES string of the molecule is O=C(/C=C/N1CCC(CN2CCC(c3c[nH]c4cc(C(F)(F)F)ccc34)CC2)CC1)c1ccc(Cl)c(Cl)c1. The lowest BCUT2D eigenvalue weighted by Crippen LogP contribution is -2.40. The molecule has 2 fully saturated rings. The molecule has 9 heteroatoms. The van der Waals surface area contributed by atoms with E-state index in [9.17, 15) is 18.0 Å². The largest absolute Gasteiger partial charge is 0.416 e. The van der Waals surface area contributed by atoms with Crippen LogP contribution in [0.2, 0.25) is 10.0 Å². The highest BCUT2D eigenvalue weighted by molar-refractivity contribution is 6.42. The van der Waals surface area contributed by atoms with Crippen LogP contribution in [0.15, 0.2) is 54.9 Å². The van der Waals surface area contributed by atoms with Gasteiger partial charge in [-0.25, -0.2) is 0 Å². The fourth-order valence-electron chi connectivity index (χ4n) is 5.66. The molecule has 38 heavy (non-hydrogen) atoms. The molecule has 5 rings (SSSR count). The molecule has 1 N–H and O–H groups in total. The number of nitrogens with one attached hydrogen (secondary N) is 1. The first-order valence-electron chi connectivity index (χ1n) is 13.0. The van der Waals surface area contributed by atoms with E-state index >= 15 is 0 Å². The molecule has 0 unspecified atom stereocenters. The molecule has 202 valence electrons. The second-order valence-corrected chi connectivity index (χ2v) is 11.2. The Labute approximate surface area is 230 Å². The smallest absolute Gasteiger partial charge is 0.377 e. The number of halogens is 5. The van der Waals surface area contributed by atoms with Gasteiger partial charge in [0.25, 0.3) is 0 Å². The summed E-state index contributed by atoms with van der Waals surface area (Å²) in [6.45, 7) is 4.89. The van der Waals surface area contributed by atoms with Crippen LogP contribution in [0.25, 0.3) is 10.9 Å². The number of fused-ring (bicyclic) bond motifs is 1. The fraction of sp³-hybridized carbons (Fsp3) is 0.414. The molecule has 2 aliphatic rings. The van der Waals surface area contributed by atoms with E-state index in [0.717, 1.165) is 69.4 Å². The molecule has 0 atom stereocenters. The zero-order valence-electron chi connectivity index (χ0n) is 20.9. The number of nitrogens with zero attached hydrogens (tertiary/aromatic N) is 2. The lowest BCUT2D eigenvalue weighted by molar-refractivity contribution is -0.137. The van der Waals surface area contributed by atoms with Crippen LogP contribution < -0.4 is 0 Å². The number of rotatable bonds is 6. The molecular weight excluding hydrogens is 534 g/mol. The van der Waals surface area contributed by atoms with Crippen molar-refractivity contribution in [1.82, 2.24) is 14.8 Å². The number of aromatic amines is 1. The van der Waals surface area contributed by atoms with Gasteiger partial charge in [0.2, 0.25) is 0 Å². The average molecular weight is 564 g/mol. The van der Waals surface area contributed by atoms with Crippen molar-refractivity contribution >= 4 is 39.9 Å². The number of ketones is 1. The molecular formula is C29H30Cl2F3N3O. The maximum Gasteiger partial charge on any atom is 0.416 e.